The van der Waals surface area contributed by atoms with Crippen molar-refractivity contribution in [2.75, 3.05) is 13.7 Å². The zero-order valence-electron chi connectivity index (χ0n) is 15.9. The SMILES string of the molecule is COc1cc2c(cc1C1CC1)C1=C(/C=C(/C(=O)O)C(=O)CCCC1)C(CO)O2. The monoisotopic (exact) mass is 384 g/mol. The van der Waals surface area contributed by atoms with E-state index in [1.165, 1.54) is 6.08 Å². The van der Waals surface area contributed by atoms with Crippen LogP contribution >= 0.6 is 0 Å². The van der Waals surface area contributed by atoms with Crippen molar-refractivity contribution in [3.05, 3.63) is 40.5 Å². The Hall–Kier alpha value is -2.60. The lowest BCUT2D eigenvalue weighted by Crippen LogP contribution is -2.28. The maximum absolute atomic E-state index is 12.3. The second kappa shape index (κ2) is 7.43. The number of ketones is 1. The van der Waals surface area contributed by atoms with E-state index < -0.39 is 12.1 Å². The molecule has 0 spiro atoms. The van der Waals surface area contributed by atoms with E-state index in [9.17, 15) is 19.8 Å². The van der Waals surface area contributed by atoms with Gasteiger partial charge in [-0.1, -0.05) is 0 Å². The first-order valence-corrected chi connectivity index (χ1v) is 9.74. The van der Waals surface area contributed by atoms with Crippen molar-refractivity contribution in [1.82, 2.24) is 0 Å². The summed E-state index contributed by atoms with van der Waals surface area (Å²) in [5.41, 5.74) is 3.36. The molecule has 1 unspecified atom stereocenters. The molecule has 2 N–H and O–H groups in total. The van der Waals surface area contributed by atoms with Crippen LogP contribution in [0, 0.1) is 0 Å². The van der Waals surface area contributed by atoms with Gasteiger partial charge in [0, 0.05) is 18.1 Å². The van der Waals surface area contributed by atoms with Crippen LogP contribution in [-0.4, -0.2) is 41.8 Å². The van der Waals surface area contributed by atoms with Crippen LogP contribution in [0.25, 0.3) is 5.57 Å². The molecule has 0 saturated heterocycles. The van der Waals surface area contributed by atoms with E-state index in [4.69, 9.17) is 9.47 Å². The van der Waals surface area contributed by atoms with E-state index in [1.54, 1.807) is 7.11 Å². The van der Waals surface area contributed by atoms with E-state index in [1.807, 2.05) is 6.07 Å². The van der Waals surface area contributed by atoms with Gasteiger partial charge in [-0.3, -0.25) is 4.79 Å². The number of benzene rings is 1. The second-order valence-corrected chi connectivity index (χ2v) is 7.58. The number of aliphatic carboxylic acids is 1. The topological polar surface area (TPSA) is 93.1 Å². The Morgan fingerprint density at radius 3 is 2.64 bits per heavy atom. The Balaban J connectivity index is 1.92. The van der Waals surface area contributed by atoms with Crippen molar-refractivity contribution < 1.29 is 29.3 Å². The van der Waals surface area contributed by atoms with Crippen molar-refractivity contribution in [1.29, 1.82) is 0 Å². The summed E-state index contributed by atoms with van der Waals surface area (Å²) in [6, 6.07) is 3.96. The van der Waals surface area contributed by atoms with Gasteiger partial charge in [0.15, 0.2) is 5.78 Å². The van der Waals surface area contributed by atoms with Crippen LogP contribution in [0.3, 0.4) is 0 Å². The number of carbonyl (C=O) groups excluding carboxylic acids is 1. The van der Waals surface area contributed by atoms with Crippen molar-refractivity contribution in [3.8, 4) is 11.5 Å². The minimum atomic E-state index is -1.24. The summed E-state index contributed by atoms with van der Waals surface area (Å²) in [5, 5.41) is 19.4. The molecular weight excluding hydrogens is 360 g/mol. The zero-order valence-corrected chi connectivity index (χ0v) is 15.9. The zero-order chi connectivity index (χ0) is 19.8. The van der Waals surface area contributed by atoms with Gasteiger partial charge >= 0.3 is 5.97 Å². The molecule has 0 bridgehead atoms. The number of methoxy groups -OCH3 is 1. The maximum Gasteiger partial charge on any atom is 0.339 e. The molecule has 4 rings (SSSR count). The summed E-state index contributed by atoms with van der Waals surface area (Å²) < 4.78 is 11.6. The molecular formula is C22H24O6. The molecule has 1 fully saturated rings. The molecule has 6 nitrogen and oxygen atoms in total. The molecule has 0 radical (unpaired) electrons. The van der Waals surface area contributed by atoms with Crippen LogP contribution in [0.2, 0.25) is 0 Å². The third-order valence-electron chi connectivity index (χ3n) is 5.72. The van der Waals surface area contributed by atoms with Crippen molar-refractivity contribution in [2.45, 2.75) is 50.5 Å². The highest BCUT2D eigenvalue weighted by Crippen LogP contribution is 2.49. The van der Waals surface area contributed by atoms with E-state index in [0.29, 0.717) is 30.1 Å². The van der Waals surface area contributed by atoms with Gasteiger partial charge in [-0.2, -0.15) is 0 Å². The fourth-order valence-electron chi connectivity index (χ4n) is 4.10. The van der Waals surface area contributed by atoms with Crippen molar-refractivity contribution in [2.24, 2.45) is 0 Å². The number of ether oxygens (including phenoxy) is 2. The Kier molecular flexibility index (Phi) is 4.98. The Labute approximate surface area is 163 Å². The van der Waals surface area contributed by atoms with Gasteiger partial charge in [0.2, 0.25) is 0 Å². The van der Waals surface area contributed by atoms with E-state index in [2.05, 4.69) is 6.07 Å². The van der Waals surface area contributed by atoms with Crippen molar-refractivity contribution >= 4 is 17.3 Å². The predicted molar refractivity (Wildman–Crippen MR) is 103 cm³/mol. The molecule has 0 aromatic heterocycles. The summed E-state index contributed by atoms with van der Waals surface area (Å²) in [5.74, 6) is 0.270. The highest BCUT2D eigenvalue weighted by Gasteiger charge is 2.34. The molecule has 1 aromatic rings. The van der Waals surface area contributed by atoms with Gasteiger partial charge < -0.3 is 19.7 Å². The number of aliphatic hydroxyl groups is 1. The van der Waals surface area contributed by atoms with Crippen LogP contribution in [0.5, 0.6) is 11.5 Å². The van der Waals surface area contributed by atoms with Crippen molar-refractivity contribution in [3.63, 3.8) is 0 Å². The van der Waals surface area contributed by atoms with E-state index >= 15 is 0 Å². The number of carboxylic acids is 1. The van der Waals surface area contributed by atoms with Gasteiger partial charge in [0.1, 0.15) is 23.2 Å². The number of carbonyl (C=O) groups is 2. The molecule has 1 saturated carbocycles. The molecule has 2 aliphatic carbocycles. The van der Waals surface area contributed by atoms with Gasteiger partial charge in [-0.05, 0) is 66.9 Å². The summed E-state index contributed by atoms with van der Waals surface area (Å²) in [7, 11) is 1.64. The summed E-state index contributed by atoms with van der Waals surface area (Å²) in [6.07, 6.45) is 5.27. The Morgan fingerprint density at radius 1 is 1.25 bits per heavy atom. The fourth-order valence-corrected chi connectivity index (χ4v) is 4.10. The van der Waals surface area contributed by atoms with Crippen LogP contribution < -0.4 is 9.47 Å². The summed E-state index contributed by atoms with van der Waals surface area (Å²) in [4.78, 5) is 24.0. The van der Waals surface area contributed by atoms with Crippen LogP contribution in [-0.2, 0) is 9.59 Å². The smallest absolute Gasteiger partial charge is 0.339 e. The lowest BCUT2D eigenvalue weighted by atomic mass is 9.87. The highest BCUT2D eigenvalue weighted by molar-refractivity contribution is 6.17. The lowest BCUT2D eigenvalue weighted by molar-refractivity contribution is -0.134. The number of hydrogen-bond acceptors (Lipinski definition) is 5. The molecule has 28 heavy (non-hydrogen) atoms. The number of fused-ring (bicyclic) bond motifs is 2. The molecule has 3 aliphatic rings. The highest BCUT2D eigenvalue weighted by atomic mass is 16.5. The lowest BCUT2D eigenvalue weighted by Gasteiger charge is -2.30. The van der Waals surface area contributed by atoms with E-state index in [0.717, 1.165) is 41.7 Å². The standard InChI is InChI=1S/C22H24O6/c1-27-19-10-20-15(8-14(19)12-6-7-12)13-4-2-3-5-18(24)17(22(25)26)9-16(13)21(11-23)28-20/h8-10,12,21,23H,2-7,11H2,1H3,(H,25,26)/b17-9+. The molecule has 1 atom stereocenters. The van der Waals surface area contributed by atoms with Crippen LogP contribution in [0.4, 0.5) is 0 Å². The predicted octanol–water partition coefficient (Wildman–Crippen LogP) is 3.23. The number of aliphatic hydroxyl groups excluding tert-OH is 1. The van der Waals surface area contributed by atoms with Gasteiger partial charge in [0.05, 0.1) is 13.7 Å². The number of hydrogen-bond donors (Lipinski definition) is 2. The Morgan fingerprint density at radius 2 is 2.00 bits per heavy atom. The average molecular weight is 384 g/mol. The first-order chi connectivity index (χ1) is 13.5. The van der Waals surface area contributed by atoms with E-state index in [-0.39, 0.29) is 24.4 Å². The summed E-state index contributed by atoms with van der Waals surface area (Å²) >= 11 is 0. The second-order valence-electron chi connectivity index (χ2n) is 7.58. The average Bonchev–Trinajstić information content (AvgIpc) is 3.51. The van der Waals surface area contributed by atoms with Crippen LogP contribution in [0.1, 0.15) is 55.6 Å². The third-order valence-corrected chi connectivity index (χ3v) is 5.72. The molecule has 0 amide bonds. The fraction of sp³-hybridized carbons (Fsp3) is 0.455. The third kappa shape index (κ3) is 3.33. The number of carboxylic acid groups (broad SMARTS) is 1. The maximum atomic E-state index is 12.3. The number of allylic oxidation sites excluding steroid dienone is 1. The first-order valence-electron chi connectivity index (χ1n) is 9.74. The van der Waals surface area contributed by atoms with Gasteiger partial charge in [0.25, 0.3) is 0 Å². The molecule has 1 heterocycles. The number of Topliss-reactive ketones (excluding diaryl/α,β-unsaturated/α-hetero) is 1. The first kappa shape index (κ1) is 18.7. The quantitative estimate of drug-likeness (QED) is 0.774. The number of rotatable bonds is 4. The largest absolute Gasteiger partial charge is 0.496 e. The Bertz CT molecular complexity index is 891. The molecule has 6 heteroatoms. The normalized spacial score (nSPS) is 24.0. The molecule has 148 valence electrons. The minimum absolute atomic E-state index is 0.214. The van der Waals surface area contributed by atoms with Gasteiger partial charge in [-0.25, -0.2) is 4.79 Å². The molecule has 1 aromatic carbocycles. The molecule has 1 aliphatic heterocycles. The van der Waals surface area contributed by atoms with Gasteiger partial charge in [-0.15, -0.1) is 0 Å². The minimum Gasteiger partial charge on any atom is -0.496 e. The summed E-state index contributed by atoms with van der Waals surface area (Å²) in [6.45, 7) is -0.303. The van der Waals surface area contributed by atoms with Crippen LogP contribution in [0.15, 0.2) is 29.4 Å².